The number of nitrogens with zero attached hydrogens (tertiary/aromatic N) is 3. The van der Waals surface area contributed by atoms with Gasteiger partial charge in [0.05, 0.1) is 30.1 Å². The molecule has 0 aliphatic rings. The summed E-state index contributed by atoms with van der Waals surface area (Å²) in [5.74, 6) is 0.833. The first-order valence-electron chi connectivity index (χ1n) is 11.5. The Kier molecular flexibility index (Phi) is 8.47. The summed E-state index contributed by atoms with van der Waals surface area (Å²) in [4.78, 5) is 25.4. The summed E-state index contributed by atoms with van der Waals surface area (Å²) in [7, 11) is 1.57. The molecular formula is C27H26ClN5O3S. The van der Waals surface area contributed by atoms with Crippen LogP contribution in [0.15, 0.2) is 71.9 Å². The number of carbonyl (C=O) groups is 2. The van der Waals surface area contributed by atoms with Crippen molar-refractivity contribution >= 4 is 40.9 Å². The number of carbonyl (C=O) groups excluding carboxylic acids is 2. The second-order valence-corrected chi connectivity index (χ2v) is 9.53. The molecule has 4 rings (SSSR count). The minimum Gasteiger partial charge on any atom is -0.497 e. The van der Waals surface area contributed by atoms with Gasteiger partial charge in [-0.15, -0.1) is 10.2 Å². The maximum absolute atomic E-state index is 12.7. The molecule has 3 aromatic carbocycles. The lowest BCUT2D eigenvalue weighted by Crippen LogP contribution is -2.24. The second-order valence-electron chi connectivity index (χ2n) is 8.18. The number of halogens is 1. The lowest BCUT2D eigenvalue weighted by Gasteiger charge is -2.13. The largest absolute Gasteiger partial charge is 0.497 e. The van der Waals surface area contributed by atoms with Crippen LogP contribution in [0.3, 0.4) is 0 Å². The fourth-order valence-corrected chi connectivity index (χ4v) is 4.57. The van der Waals surface area contributed by atoms with E-state index in [1.165, 1.54) is 11.8 Å². The van der Waals surface area contributed by atoms with Crippen molar-refractivity contribution in [2.75, 3.05) is 18.2 Å². The van der Waals surface area contributed by atoms with Gasteiger partial charge in [-0.1, -0.05) is 47.6 Å². The number of anilines is 1. The molecule has 0 aliphatic heterocycles. The lowest BCUT2D eigenvalue weighted by molar-refractivity contribution is -0.113. The first kappa shape index (κ1) is 26.2. The summed E-state index contributed by atoms with van der Waals surface area (Å²) in [6.45, 7) is 4.08. The summed E-state index contributed by atoms with van der Waals surface area (Å²) in [5.41, 5.74) is 4.04. The quantitative estimate of drug-likeness (QED) is 0.286. The zero-order chi connectivity index (χ0) is 26.4. The van der Waals surface area contributed by atoms with Crippen LogP contribution >= 0.6 is 23.4 Å². The van der Waals surface area contributed by atoms with E-state index in [2.05, 4.69) is 20.8 Å². The number of aromatic nitrogens is 3. The SMILES string of the molecule is COc1ccc(C(=O)NCc2nnc(SCC(=O)Nc3cccc(C)c3C)n2-c2ccccc2Cl)cc1. The Labute approximate surface area is 224 Å². The third-order valence-corrected chi connectivity index (χ3v) is 7.01. The molecule has 2 amide bonds. The Morgan fingerprint density at radius 3 is 2.49 bits per heavy atom. The zero-order valence-electron chi connectivity index (χ0n) is 20.6. The number of para-hydroxylation sites is 1. The molecule has 4 aromatic rings. The van der Waals surface area contributed by atoms with Crippen LogP contribution in [0.4, 0.5) is 5.69 Å². The van der Waals surface area contributed by atoms with Gasteiger partial charge in [0, 0.05) is 11.3 Å². The summed E-state index contributed by atoms with van der Waals surface area (Å²) in [6.07, 6.45) is 0. The molecule has 1 heterocycles. The van der Waals surface area contributed by atoms with Gasteiger partial charge < -0.3 is 15.4 Å². The highest BCUT2D eigenvalue weighted by atomic mass is 35.5. The van der Waals surface area contributed by atoms with E-state index in [9.17, 15) is 9.59 Å². The van der Waals surface area contributed by atoms with Crippen molar-refractivity contribution < 1.29 is 14.3 Å². The monoisotopic (exact) mass is 535 g/mol. The van der Waals surface area contributed by atoms with Gasteiger partial charge in [-0.2, -0.15) is 0 Å². The first-order chi connectivity index (χ1) is 17.9. The van der Waals surface area contributed by atoms with E-state index < -0.39 is 0 Å². The maximum Gasteiger partial charge on any atom is 0.251 e. The van der Waals surface area contributed by atoms with Crippen molar-refractivity contribution in [2.45, 2.75) is 25.5 Å². The van der Waals surface area contributed by atoms with Crippen LogP contribution in [-0.2, 0) is 11.3 Å². The minimum atomic E-state index is -0.265. The van der Waals surface area contributed by atoms with Crippen LogP contribution < -0.4 is 15.4 Å². The highest BCUT2D eigenvalue weighted by molar-refractivity contribution is 7.99. The highest BCUT2D eigenvalue weighted by Gasteiger charge is 2.19. The van der Waals surface area contributed by atoms with Crippen molar-refractivity contribution in [3.63, 3.8) is 0 Å². The van der Waals surface area contributed by atoms with E-state index in [0.29, 0.717) is 33.0 Å². The summed E-state index contributed by atoms with van der Waals surface area (Å²) < 4.78 is 6.90. The first-order valence-corrected chi connectivity index (χ1v) is 12.8. The van der Waals surface area contributed by atoms with E-state index in [1.807, 2.05) is 50.2 Å². The molecule has 0 fully saturated rings. The molecule has 0 unspecified atom stereocenters. The number of methoxy groups -OCH3 is 1. The van der Waals surface area contributed by atoms with Gasteiger partial charge in [0.15, 0.2) is 11.0 Å². The number of amides is 2. The molecular weight excluding hydrogens is 510 g/mol. The standard InChI is InChI=1S/C27H26ClN5O3S/c1-17-7-6-9-22(18(17)2)30-25(34)16-37-27-32-31-24(33(27)23-10-5-4-8-21(23)28)15-29-26(35)19-11-13-20(36-3)14-12-19/h4-14H,15-16H2,1-3H3,(H,29,35)(H,30,34). The number of nitrogens with one attached hydrogen (secondary N) is 2. The van der Waals surface area contributed by atoms with E-state index >= 15 is 0 Å². The van der Waals surface area contributed by atoms with Gasteiger partial charge in [-0.3, -0.25) is 14.2 Å². The number of hydrogen-bond acceptors (Lipinski definition) is 6. The van der Waals surface area contributed by atoms with E-state index in [1.54, 1.807) is 42.0 Å². The van der Waals surface area contributed by atoms with Crippen LogP contribution in [0.2, 0.25) is 5.02 Å². The van der Waals surface area contributed by atoms with Gasteiger partial charge in [0.1, 0.15) is 5.75 Å². The molecule has 190 valence electrons. The Bertz CT molecular complexity index is 1420. The van der Waals surface area contributed by atoms with Gasteiger partial charge in [-0.25, -0.2) is 0 Å². The van der Waals surface area contributed by atoms with E-state index in [4.69, 9.17) is 16.3 Å². The number of hydrogen-bond donors (Lipinski definition) is 2. The van der Waals surface area contributed by atoms with E-state index in [0.717, 1.165) is 16.8 Å². The highest BCUT2D eigenvalue weighted by Crippen LogP contribution is 2.27. The molecule has 2 N–H and O–H groups in total. The molecule has 0 spiro atoms. The molecule has 8 nitrogen and oxygen atoms in total. The van der Waals surface area contributed by atoms with Gasteiger partial charge in [-0.05, 0) is 67.4 Å². The Morgan fingerprint density at radius 1 is 1.00 bits per heavy atom. The summed E-state index contributed by atoms with van der Waals surface area (Å²) in [5, 5.41) is 15.4. The van der Waals surface area contributed by atoms with Crippen molar-refractivity contribution in [1.29, 1.82) is 0 Å². The van der Waals surface area contributed by atoms with E-state index in [-0.39, 0.29) is 24.1 Å². The molecule has 0 saturated carbocycles. The molecule has 10 heteroatoms. The molecule has 0 atom stereocenters. The lowest BCUT2D eigenvalue weighted by atomic mass is 10.1. The molecule has 1 aromatic heterocycles. The van der Waals surface area contributed by atoms with Crippen molar-refractivity contribution in [3.8, 4) is 11.4 Å². The van der Waals surface area contributed by atoms with Crippen LogP contribution in [0.25, 0.3) is 5.69 Å². The van der Waals surface area contributed by atoms with Gasteiger partial charge >= 0.3 is 0 Å². The molecule has 0 radical (unpaired) electrons. The second kappa shape index (κ2) is 11.9. The third-order valence-electron chi connectivity index (χ3n) is 5.76. The number of ether oxygens (including phenoxy) is 1. The zero-order valence-corrected chi connectivity index (χ0v) is 22.2. The fraction of sp³-hybridized carbons (Fsp3) is 0.185. The average Bonchev–Trinajstić information content (AvgIpc) is 3.31. The number of thioether (sulfide) groups is 1. The van der Waals surface area contributed by atoms with Crippen molar-refractivity contribution in [1.82, 2.24) is 20.1 Å². The van der Waals surface area contributed by atoms with Crippen LogP contribution in [0.1, 0.15) is 27.3 Å². The number of benzene rings is 3. The normalized spacial score (nSPS) is 10.7. The topological polar surface area (TPSA) is 98.1 Å². The summed E-state index contributed by atoms with van der Waals surface area (Å²) >= 11 is 7.72. The Balaban J connectivity index is 1.51. The minimum absolute atomic E-state index is 0.109. The molecule has 37 heavy (non-hydrogen) atoms. The number of rotatable bonds is 9. The predicted octanol–water partition coefficient (Wildman–Crippen LogP) is 5.21. The third kappa shape index (κ3) is 6.31. The van der Waals surface area contributed by atoms with Crippen molar-refractivity contribution in [2.24, 2.45) is 0 Å². The van der Waals surface area contributed by atoms with Gasteiger partial charge in [0.25, 0.3) is 5.91 Å². The predicted molar refractivity (Wildman–Crippen MR) is 146 cm³/mol. The fourth-order valence-electron chi connectivity index (χ4n) is 3.59. The maximum atomic E-state index is 12.7. The molecule has 0 aliphatic carbocycles. The molecule has 0 bridgehead atoms. The Morgan fingerprint density at radius 2 is 1.76 bits per heavy atom. The van der Waals surface area contributed by atoms with Gasteiger partial charge in [0.2, 0.25) is 5.91 Å². The number of aryl methyl sites for hydroxylation is 1. The average molecular weight is 536 g/mol. The van der Waals surface area contributed by atoms with Crippen molar-refractivity contribution in [3.05, 3.63) is 94.3 Å². The van der Waals surface area contributed by atoms with Crippen LogP contribution in [0, 0.1) is 13.8 Å². The molecule has 0 saturated heterocycles. The smallest absolute Gasteiger partial charge is 0.251 e. The Hall–Kier alpha value is -3.82. The van der Waals surface area contributed by atoms with Crippen LogP contribution in [-0.4, -0.2) is 39.4 Å². The van der Waals surface area contributed by atoms with Crippen LogP contribution in [0.5, 0.6) is 5.75 Å². The summed E-state index contributed by atoms with van der Waals surface area (Å²) in [6, 6.07) is 19.9.